The molecule has 0 heterocycles. The molecule has 2 bridgehead atoms. The zero-order valence-corrected chi connectivity index (χ0v) is 12.9. The minimum atomic E-state index is -6.00. The third-order valence-electron chi connectivity index (χ3n) is 5.12. The minimum Gasteiger partial charge on any atom is -0.456 e. The van der Waals surface area contributed by atoms with Crippen LogP contribution in [0.5, 0.6) is 0 Å². The zero-order chi connectivity index (χ0) is 18.6. The first kappa shape index (κ1) is 19.1. The summed E-state index contributed by atoms with van der Waals surface area (Å²) in [5.41, 5.74) is -7.00. The van der Waals surface area contributed by atoms with Crippen molar-refractivity contribution < 1.29 is 41.0 Å². The average Bonchev–Trinajstić information content (AvgIpc) is 2.95. The van der Waals surface area contributed by atoms with Crippen molar-refractivity contribution in [2.24, 2.45) is 11.8 Å². The number of alkyl halides is 6. The number of carbonyl (C=O) groups is 1. The number of esters is 1. The molecule has 0 saturated heterocycles. The maximum Gasteiger partial charge on any atom is 0.426 e. The number of halogens is 6. The lowest BCUT2D eigenvalue weighted by atomic mass is 9.85. The maximum atomic E-state index is 12.7. The number of fused-ring (bicyclic) bond motifs is 2. The first-order valence-corrected chi connectivity index (χ1v) is 7.46. The van der Waals surface area contributed by atoms with Gasteiger partial charge in [0.25, 0.3) is 5.60 Å². The van der Waals surface area contributed by atoms with Crippen LogP contribution < -0.4 is 0 Å². The highest BCUT2D eigenvalue weighted by Crippen LogP contribution is 2.53. The van der Waals surface area contributed by atoms with Crippen molar-refractivity contribution in [3.05, 3.63) is 12.2 Å². The van der Waals surface area contributed by atoms with Crippen LogP contribution in [0.2, 0.25) is 0 Å². The molecule has 2 fully saturated rings. The smallest absolute Gasteiger partial charge is 0.426 e. The van der Waals surface area contributed by atoms with Crippen LogP contribution in [-0.2, 0) is 9.53 Å². The molecule has 0 amide bonds. The van der Waals surface area contributed by atoms with E-state index in [1.54, 1.807) is 6.92 Å². The van der Waals surface area contributed by atoms with Crippen molar-refractivity contribution >= 4 is 5.97 Å². The van der Waals surface area contributed by atoms with E-state index in [4.69, 9.17) is 9.84 Å². The summed E-state index contributed by atoms with van der Waals surface area (Å²) in [6.07, 6.45) is -10.9. The van der Waals surface area contributed by atoms with E-state index in [-0.39, 0.29) is 5.92 Å². The Morgan fingerprint density at radius 2 is 1.75 bits per heavy atom. The van der Waals surface area contributed by atoms with E-state index in [9.17, 15) is 31.1 Å². The lowest BCUT2D eigenvalue weighted by Gasteiger charge is -2.35. The fraction of sp³-hybridized carbons (Fsp3) is 0.800. The summed E-state index contributed by atoms with van der Waals surface area (Å²) in [5.74, 6) is -0.941. The molecule has 0 radical (unpaired) electrons. The van der Waals surface area contributed by atoms with Crippen LogP contribution in [0.25, 0.3) is 0 Å². The Morgan fingerprint density at radius 1 is 1.21 bits per heavy atom. The Morgan fingerprint density at radius 3 is 2.12 bits per heavy atom. The Kier molecular flexibility index (Phi) is 4.48. The first-order chi connectivity index (χ1) is 10.7. The first-order valence-electron chi connectivity index (χ1n) is 7.46. The number of carbonyl (C=O) groups excluding carboxylic acids is 1. The molecule has 9 heteroatoms. The zero-order valence-electron chi connectivity index (χ0n) is 12.9. The lowest BCUT2D eigenvalue weighted by Crippen LogP contribution is -2.57. The normalized spacial score (nSPS) is 30.5. The van der Waals surface area contributed by atoms with Crippen LogP contribution in [0, 0.1) is 11.8 Å². The van der Waals surface area contributed by atoms with Gasteiger partial charge in [-0.15, -0.1) is 0 Å². The number of hydrogen-bond acceptors (Lipinski definition) is 3. The summed E-state index contributed by atoms with van der Waals surface area (Å²) in [7, 11) is 0. The van der Waals surface area contributed by atoms with Gasteiger partial charge in [-0.25, -0.2) is 4.79 Å². The molecule has 0 aromatic heterocycles. The molecule has 2 aliphatic rings. The van der Waals surface area contributed by atoms with E-state index in [0.29, 0.717) is 12.3 Å². The van der Waals surface area contributed by atoms with E-state index in [0.717, 1.165) is 19.3 Å². The average molecular weight is 360 g/mol. The summed E-state index contributed by atoms with van der Waals surface area (Å²) in [6, 6.07) is 0. The van der Waals surface area contributed by atoms with Gasteiger partial charge in [0.15, 0.2) is 0 Å². The molecule has 3 nitrogen and oxygen atoms in total. The molecule has 0 aliphatic heterocycles. The molecule has 0 aromatic carbocycles. The monoisotopic (exact) mass is 360 g/mol. The molecule has 1 N–H and O–H groups in total. The molecule has 3 atom stereocenters. The van der Waals surface area contributed by atoms with Gasteiger partial charge in [0.1, 0.15) is 5.60 Å². The van der Waals surface area contributed by atoms with Crippen LogP contribution in [0.1, 0.15) is 39.0 Å². The van der Waals surface area contributed by atoms with Crippen LogP contribution in [0.4, 0.5) is 26.3 Å². The third kappa shape index (κ3) is 3.14. The Labute approximate surface area is 134 Å². The second-order valence-corrected chi connectivity index (χ2v) is 6.92. The standard InChI is InChI=1S/C15H18F6O3/c1-8(6-13(23,14(16,17)18)15(19,20)21)11(22)24-12(2)7-9-3-4-10(12)5-9/h9-10,23H,1,3-7H2,2H3. The topological polar surface area (TPSA) is 46.5 Å². The molecular weight excluding hydrogens is 342 g/mol. The molecule has 3 unspecified atom stereocenters. The number of ether oxygens (including phenoxy) is 1. The van der Waals surface area contributed by atoms with Gasteiger partial charge in [-0.05, 0) is 44.4 Å². The van der Waals surface area contributed by atoms with Crippen LogP contribution in [-0.4, -0.2) is 34.6 Å². The minimum absolute atomic E-state index is 0.0448. The van der Waals surface area contributed by atoms with Gasteiger partial charge in [0.2, 0.25) is 0 Å². The van der Waals surface area contributed by atoms with E-state index >= 15 is 0 Å². The molecule has 2 saturated carbocycles. The number of hydrogen-bond donors (Lipinski definition) is 1. The highest BCUT2D eigenvalue weighted by Gasteiger charge is 2.70. The quantitative estimate of drug-likeness (QED) is 0.470. The fourth-order valence-corrected chi connectivity index (χ4v) is 3.71. The number of rotatable bonds is 4. The Hall–Kier alpha value is -1.25. The fourth-order valence-electron chi connectivity index (χ4n) is 3.71. The van der Waals surface area contributed by atoms with E-state index in [1.165, 1.54) is 0 Å². The van der Waals surface area contributed by atoms with Gasteiger partial charge < -0.3 is 9.84 Å². The predicted octanol–water partition coefficient (Wildman–Crippen LogP) is 3.91. The molecular formula is C15H18F6O3. The third-order valence-corrected chi connectivity index (χ3v) is 5.12. The van der Waals surface area contributed by atoms with Crippen LogP contribution in [0.3, 0.4) is 0 Å². The second kappa shape index (κ2) is 5.64. The van der Waals surface area contributed by atoms with Crippen molar-refractivity contribution in [3.63, 3.8) is 0 Å². The van der Waals surface area contributed by atoms with Gasteiger partial charge >= 0.3 is 18.3 Å². The van der Waals surface area contributed by atoms with Crippen molar-refractivity contribution in [1.29, 1.82) is 0 Å². The second-order valence-electron chi connectivity index (χ2n) is 6.92. The van der Waals surface area contributed by atoms with Gasteiger partial charge in [-0.1, -0.05) is 6.58 Å². The maximum absolute atomic E-state index is 12.7. The van der Waals surface area contributed by atoms with Crippen LogP contribution >= 0.6 is 0 Å². The summed E-state index contributed by atoms with van der Waals surface area (Å²) >= 11 is 0. The molecule has 0 aromatic rings. The summed E-state index contributed by atoms with van der Waals surface area (Å²) in [5, 5.41) is 9.12. The molecule has 2 rings (SSSR count). The van der Waals surface area contributed by atoms with Gasteiger partial charge in [-0.2, -0.15) is 26.3 Å². The Balaban J connectivity index is 2.09. The summed E-state index contributed by atoms with van der Waals surface area (Å²) in [6.45, 7) is 4.59. The van der Waals surface area contributed by atoms with Gasteiger partial charge in [-0.3, -0.25) is 0 Å². The highest BCUT2D eigenvalue weighted by atomic mass is 19.4. The van der Waals surface area contributed by atoms with Crippen molar-refractivity contribution in [3.8, 4) is 0 Å². The molecule has 0 spiro atoms. The van der Waals surface area contributed by atoms with Crippen molar-refractivity contribution in [1.82, 2.24) is 0 Å². The molecule has 24 heavy (non-hydrogen) atoms. The van der Waals surface area contributed by atoms with Gasteiger partial charge in [0, 0.05) is 12.0 Å². The molecule has 2 aliphatic carbocycles. The van der Waals surface area contributed by atoms with Crippen molar-refractivity contribution in [2.75, 3.05) is 0 Å². The van der Waals surface area contributed by atoms with Crippen molar-refractivity contribution in [2.45, 2.75) is 62.6 Å². The largest absolute Gasteiger partial charge is 0.456 e. The van der Waals surface area contributed by atoms with E-state index < -0.39 is 41.5 Å². The lowest BCUT2D eigenvalue weighted by molar-refractivity contribution is -0.367. The number of aliphatic hydroxyl groups is 1. The molecule has 138 valence electrons. The summed E-state index contributed by atoms with van der Waals surface area (Å²) in [4.78, 5) is 11.9. The van der Waals surface area contributed by atoms with Gasteiger partial charge in [0.05, 0.1) is 0 Å². The van der Waals surface area contributed by atoms with Crippen LogP contribution in [0.15, 0.2) is 12.2 Å². The predicted molar refractivity (Wildman–Crippen MR) is 70.8 cm³/mol. The highest BCUT2D eigenvalue weighted by molar-refractivity contribution is 5.88. The van der Waals surface area contributed by atoms with E-state index in [1.807, 2.05) is 0 Å². The summed E-state index contributed by atoms with van der Waals surface area (Å²) < 4.78 is 81.2. The SMILES string of the molecule is C=C(CC(O)(C(F)(F)F)C(F)(F)F)C(=O)OC1(C)CC2CCC1C2. The Bertz CT molecular complexity index is 524. The van der Waals surface area contributed by atoms with E-state index in [2.05, 4.69) is 6.58 Å².